The number of nitrogens with one attached hydrogen (secondary N) is 2. The molecule has 6 nitrogen and oxygen atoms in total. The number of ether oxygens (including phenoxy) is 1. The van der Waals surface area contributed by atoms with Gasteiger partial charge in [-0.3, -0.25) is 14.9 Å². The minimum Gasteiger partial charge on any atom is -0.494 e. The number of unbranched alkanes of at least 4 members (excludes halogenated alkanes) is 1. The van der Waals surface area contributed by atoms with Crippen LogP contribution in [0.1, 0.15) is 40.5 Å². The number of amides is 2. The van der Waals surface area contributed by atoms with Crippen molar-refractivity contribution in [3.05, 3.63) is 59.7 Å². The molecule has 136 valence electrons. The van der Waals surface area contributed by atoms with E-state index >= 15 is 0 Å². The van der Waals surface area contributed by atoms with Crippen LogP contribution in [0.2, 0.25) is 0 Å². The first-order chi connectivity index (χ1) is 12.5. The van der Waals surface area contributed by atoms with E-state index in [9.17, 15) is 9.59 Å². The van der Waals surface area contributed by atoms with Crippen LogP contribution in [0.3, 0.4) is 0 Å². The predicted molar refractivity (Wildman–Crippen MR) is 105 cm³/mol. The second-order valence-corrected chi connectivity index (χ2v) is 5.99. The molecule has 0 aliphatic rings. The maximum atomic E-state index is 12.3. The van der Waals surface area contributed by atoms with Crippen molar-refractivity contribution < 1.29 is 14.3 Å². The van der Waals surface area contributed by atoms with Gasteiger partial charge in [0.25, 0.3) is 5.91 Å². The quantitative estimate of drug-likeness (QED) is 0.514. The van der Waals surface area contributed by atoms with Gasteiger partial charge < -0.3 is 15.8 Å². The third kappa shape index (κ3) is 5.86. The lowest BCUT2D eigenvalue weighted by molar-refractivity contribution is 0.0974. The largest absolute Gasteiger partial charge is 0.494 e. The van der Waals surface area contributed by atoms with Gasteiger partial charge in [-0.15, -0.1) is 0 Å². The van der Waals surface area contributed by atoms with Crippen LogP contribution in [0, 0.1) is 0 Å². The van der Waals surface area contributed by atoms with Crippen LogP contribution >= 0.6 is 12.2 Å². The van der Waals surface area contributed by atoms with Crippen molar-refractivity contribution in [2.24, 2.45) is 5.73 Å². The third-order valence-corrected chi connectivity index (χ3v) is 3.72. The Morgan fingerprint density at radius 3 is 2.50 bits per heavy atom. The number of benzene rings is 2. The molecule has 0 aliphatic carbocycles. The van der Waals surface area contributed by atoms with E-state index in [4.69, 9.17) is 22.7 Å². The van der Waals surface area contributed by atoms with Crippen molar-refractivity contribution in [3.8, 4) is 5.75 Å². The van der Waals surface area contributed by atoms with E-state index in [1.807, 2.05) is 6.07 Å². The van der Waals surface area contributed by atoms with E-state index in [2.05, 4.69) is 17.6 Å². The third-order valence-electron chi connectivity index (χ3n) is 3.52. The topological polar surface area (TPSA) is 93.4 Å². The summed E-state index contributed by atoms with van der Waals surface area (Å²) in [7, 11) is 0. The summed E-state index contributed by atoms with van der Waals surface area (Å²) >= 11 is 5.15. The summed E-state index contributed by atoms with van der Waals surface area (Å²) in [5.41, 5.74) is 6.67. The molecule has 2 aromatic rings. The Morgan fingerprint density at radius 2 is 1.85 bits per heavy atom. The molecule has 0 aliphatic heterocycles. The van der Waals surface area contributed by atoms with Crippen LogP contribution < -0.4 is 21.1 Å². The van der Waals surface area contributed by atoms with Crippen LogP contribution in [-0.4, -0.2) is 23.5 Å². The summed E-state index contributed by atoms with van der Waals surface area (Å²) in [4.78, 5) is 23.4. The molecule has 0 aromatic heterocycles. The number of hydrogen-bond acceptors (Lipinski definition) is 4. The Bertz CT molecular complexity index is 791. The van der Waals surface area contributed by atoms with Gasteiger partial charge in [-0.25, -0.2) is 0 Å². The molecule has 0 atom stereocenters. The fraction of sp³-hybridized carbons (Fsp3) is 0.211. The Labute approximate surface area is 157 Å². The monoisotopic (exact) mass is 371 g/mol. The first-order valence-corrected chi connectivity index (χ1v) is 8.65. The zero-order valence-electron chi connectivity index (χ0n) is 14.5. The Kier molecular flexibility index (Phi) is 7.11. The van der Waals surface area contributed by atoms with Gasteiger partial charge in [0.2, 0.25) is 5.91 Å². The number of carbonyl (C=O) groups excluding carboxylic acids is 2. The SMILES string of the molecule is CCCCOc1cccc(C(=O)NC(=S)Nc2ccc(C(N)=O)cc2)c1. The molecule has 26 heavy (non-hydrogen) atoms. The lowest BCUT2D eigenvalue weighted by Gasteiger charge is -2.11. The number of nitrogens with two attached hydrogens (primary N) is 1. The van der Waals surface area contributed by atoms with Crippen molar-refractivity contribution in [2.75, 3.05) is 11.9 Å². The van der Waals surface area contributed by atoms with Crippen molar-refractivity contribution in [1.82, 2.24) is 5.32 Å². The molecule has 0 unspecified atom stereocenters. The van der Waals surface area contributed by atoms with Crippen LogP contribution in [0.25, 0.3) is 0 Å². The lowest BCUT2D eigenvalue weighted by Crippen LogP contribution is -2.34. The highest BCUT2D eigenvalue weighted by Crippen LogP contribution is 2.14. The summed E-state index contributed by atoms with van der Waals surface area (Å²) in [6.07, 6.45) is 2.00. The number of primary amides is 1. The summed E-state index contributed by atoms with van der Waals surface area (Å²) in [5, 5.41) is 5.64. The van der Waals surface area contributed by atoms with E-state index in [0.29, 0.717) is 29.2 Å². The van der Waals surface area contributed by atoms with Gasteiger partial charge in [0.05, 0.1) is 6.61 Å². The van der Waals surface area contributed by atoms with Gasteiger partial charge in [0, 0.05) is 16.8 Å². The molecule has 0 spiro atoms. The van der Waals surface area contributed by atoms with Gasteiger partial charge in [-0.2, -0.15) is 0 Å². The van der Waals surface area contributed by atoms with Crippen LogP contribution in [0.15, 0.2) is 48.5 Å². The van der Waals surface area contributed by atoms with Crippen molar-refractivity contribution in [3.63, 3.8) is 0 Å². The van der Waals surface area contributed by atoms with Gasteiger partial charge in [0.15, 0.2) is 5.11 Å². The highest BCUT2D eigenvalue weighted by Gasteiger charge is 2.09. The van der Waals surface area contributed by atoms with Crippen LogP contribution in [0.5, 0.6) is 5.75 Å². The average molecular weight is 371 g/mol. The second kappa shape index (κ2) is 9.53. The first kappa shape index (κ1) is 19.4. The highest BCUT2D eigenvalue weighted by atomic mass is 32.1. The molecular weight excluding hydrogens is 350 g/mol. The number of hydrogen-bond donors (Lipinski definition) is 3. The summed E-state index contributed by atoms with van der Waals surface area (Å²) in [6.45, 7) is 2.70. The maximum absolute atomic E-state index is 12.3. The molecule has 2 rings (SSSR count). The number of rotatable bonds is 7. The standard InChI is InChI=1S/C19H21N3O3S/c1-2-3-11-25-16-6-4-5-14(12-16)18(24)22-19(26)21-15-9-7-13(8-10-15)17(20)23/h4-10,12H,2-3,11H2,1H3,(H2,20,23)(H2,21,22,24,26). The van der Waals surface area contributed by atoms with Gasteiger partial charge in [-0.1, -0.05) is 19.4 Å². The minimum absolute atomic E-state index is 0.152. The van der Waals surface area contributed by atoms with Gasteiger partial charge in [-0.05, 0) is 61.1 Å². The molecule has 0 saturated carbocycles. The van der Waals surface area contributed by atoms with E-state index in [0.717, 1.165) is 12.8 Å². The van der Waals surface area contributed by atoms with E-state index in [1.165, 1.54) is 0 Å². The summed E-state index contributed by atoms with van der Waals surface area (Å²) in [6, 6.07) is 13.4. The Morgan fingerprint density at radius 1 is 1.12 bits per heavy atom. The molecular formula is C19H21N3O3S. The Balaban J connectivity index is 1.93. The second-order valence-electron chi connectivity index (χ2n) is 5.58. The Hall–Kier alpha value is -2.93. The van der Waals surface area contributed by atoms with Gasteiger partial charge in [0.1, 0.15) is 5.75 Å². The molecule has 0 fully saturated rings. The molecule has 7 heteroatoms. The highest BCUT2D eigenvalue weighted by molar-refractivity contribution is 7.80. The van der Waals surface area contributed by atoms with Crippen molar-refractivity contribution in [1.29, 1.82) is 0 Å². The first-order valence-electron chi connectivity index (χ1n) is 8.24. The lowest BCUT2D eigenvalue weighted by atomic mass is 10.2. The van der Waals surface area contributed by atoms with Crippen LogP contribution in [-0.2, 0) is 0 Å². The van der Waals surface area contributed by atoms with E-state index in [-0.39, 0.29) is 11.0 Å². The zero-order valence-corrected chi connectivity index (χ0v) is 15.3. The molecule has 0 radical (unpaired) electrons. The summed E-state index contributed by atoms with van der Waals surface area (Å²) < 4.78 is 5.60. The van der Waals surface area contributed by atoms with E-state index in [1.54, 1.807) is 42.5 Å². The smallest absolute Gasteiger partial charge is 0.257 e. The van der Waals surface area contributed by atoms with Crippen molar-refractivity contribution >= 4 is 34.8 Å². The molecule has 2 amide bonds. The van der Waals surface area contributed by atoms with Crippen LogP contribution in [0.4, 0.5) is 5.69 Å². The number of carbonyl (C=O) groups is 2. The fourth-order valence-corrected chi connectivity index (χ4v) is 2.33. The number of anilines is 1. The normalized spacial score (nSPS) is 10.0. The van der Waals surface area contributed by atoms with E-state index < -0.39 is 5.91 Å². The molecule has 0 saturated heterocycles. The predicted octanol–water partition coefficient (Wildman–Crippen LogP) is 3.09. The fourth-order valence-electron chi connectivity index (χ4n) is 2.12. The number of thiocarbonyl (C=S) groups is 1. The molecule has 4 N–H and O–H groups in total. The maximum Gasteiger partial charge on any atom is 0.257 e. The molecule has 2 aromatic carbocycles. The zero-order chi connectivity index (χ0) is 18.9. The van der Waals surface area contributed by atoms with Gasteiger partial charge >= 0.3 is 0 Å². The molecule has 0 bridgehead atoms. The summed E-state index contributed by atoms with van der Waals surface area (Å²) in [5.74, 6) is -0.197. The molecule has 0 heterocycles. The minimum atomic E-state index is -0.506. The van der Waals surface area contributed by atoms with Crippen molar-refractivity contribution in [2.45, 2.75) is 19.8 Å². The average Bonchev–Trinajstić information content (AvgIpc) is 2.62.